The van der Waals surface area contributed by atoms with Crippen LogP contribution in [-0.4, -0.2) is 12.4 Å². The van der Waals surface area contributed by atoms with E-state index in [9.17, 15) is 10.1 Å². The molecule has 0 aromatic heterocycles. The number of carbonyl (C=O) groups excluding carboxylic acids is 1. The van der Waals surface area contributed by atoms with Gasteiger partial charge in [-0.1, -0.05) is 24.8 Å². The quantitative estimate of drug-likeness (QED) is 0.845. The molecule has 0 radical (unpaired) electrons. The first-order valence-electron chi connectivity index (χ1n) is 7.12. The first-order chi connectivity index (χ1) is 11.0. The summed E-state index contributed by atoms with van der Waals surface area (Å²) in [5, 5.41) is 9.41. The van der Waals surface area contributed by atoms with Crippen LogP contribution in [0.5, 0.6) is 5.75 Å². The first-order valence-corrected chi connectivity index (χ1v) is 7.12. The number of ether oxygens (including phenoxy) is 2. The van der Waals surface area contributed by atoms with Crippen molar-refractivity contribution in [1.82, 2.24) is 0 Å². The molecular weight excluding hydrogens is 292 g/mol. The predicted molar refractivity (Wildman–Crippen MR) is 86.2 cm³/mol. The van der Waals surface area contributed by atoms with Gasteiger partial charge in [0, 0.05) is 5.57 Å². The van der Waals surface area contributed by atoms with Crippen LogP contribution in [0.15, 0.2) is 59.7 Å². The van der Waals surface area contributed by atoms with Crippen LogP contribution in [0.3, 0.4) is 0 Å². The fourth-order valence-corrected chi connectivity index (χ4v) is 2.58. The van der Waals surface area contributed by atoms with Gasteiger partial charge in [0.05, 0.1) is 5.92 Å². The molecule has 5 heteroatoms. The number of benzene rings is 1. The van der Waals surface area contributed by atoms with E-state index in [0.717, 1.165) is 5.56 Å². The SMILES string of the molecule is C=CCOc1ccc(C2C(C#N)=C(N)OC(C)=C2C(C)=O)cc1. The molecule has 118 valence electrons. The van der Waals surface area contributed by atoms with Crippen LogP contribution in [-0.2, 0) is 9.53 Å². The number of rotatable bonds is 5. The van der Waals surface area contributed by atoms with Crippen LogP contribution < -0.4 is 10.5 Å². The average molecular weight is 310 g/mol. The summed E-state index contributed by atoms with van der Waals surface area (Å²) in [6, 6.07) is 9.25. The van der Waals surface area contributed by atoms with Crippen LogP contribution in [0.25, 0.3) is 0 Å². The van der Waals surface area contributed by atoms with Crippen LogP contribution in [0.2, 0.25) is 0 Å². The van der Waals surface area contributed by atoms with Gasteiger partial charge in [0.2, 0.25) is 5.88 Å². The van der Waals surface area contributed by atoms with Gasteiger partial charge >= 0.3 is 0 Å². The van der Waals surface area contributed by atoms with E-state index in [1.54, 1.807) is 25.1 Å². The summed E-state index contributed by atoms with van der Waals surface area (Å²) < 4.78 is 10.8. The number of ketones is 1. The molecule has 2 rings (SSSR count). The third-order valence-electron chi connectivity index (χ3n) is 3.57. The molecule has 1 aliphatic heterocycles. The molecule has 0 amide bonds. The summed E-state index contributed by atoms with van der Waals surface area (Å²) in [6.07, 6.45) is 1.66. The van der Waals surface area contributed by atoms with E-state index in [1.807, 2.05) is 12.1 Å². The van der Waals surface area contributed by atoms with E-state index in [2.05, 4.69) is 12.6 Å². The molecule has 1 atom stereocenters. The second-order valence-electron chi connectivity index (χ2n) is 5.12. The van der Waals surface area contributed by atoms with Gasteiger partial charge in [0.15, 0.2) is 5.78 Å². The van der Waals surface area contributed by atoms with Gasteiger partial charge in [0.1, 0.15) is 29.8 Å². The van der Waals surface area contributed by atoms with Gasteiger partial charge in [-0.15, -0.1) is 0 Å². The topological polar surface area (TPSA) is 85.3 Å². The van der Waals surface area contributed by atoms with Gasteiger partial charge in [-0.3, -0.25) is 4.79 Å². The Hall–Kier alpha value is -3.00. The van der Waals surface area contributed by atoms with E-state index in [4.69, 9.17) is 15.2 Å². The third kappa shape index (κ3) is 3.27. The van der Waals surface area contributed by atoms with E-state index in [-0.39, 0.29) is 17.2 Å². The smallest absolute Gasteiger partial charge is 0.205 e. The molecule has 0 saturated heterocycles. The van der Waals surface area contributed by atoms with Crippen molar-refractivity contribution in [3.63, 3.8) is 0 Å². The van der Waals surface area contributed by atoms with E-state index in [0.29, 0.717) is 23.7 Å². The zero-order valence-electron chi connectivity index (χ0n) is 13.1. The maximum absolute atomic E-state index is 12.0. The molecule has 1 aromatic rings. The summed E-state index contributed by atoms with van der Waals surface area (Å²) in [4.78, 5) is 12.0. The standard InChI is InChI=1S/C18H18N2O3/c1-4-9-22-14-7-5-13(6-8-14)17-15(10-19)18(20)23-12(3)16(17)11(2)21/h4-8,17H,1,9,20H2,2-3H3. The number of nitriles is 1. The summed E-state index contributed by atoms with van der Waals surface area (Å²) >= 11 is 0. The van der Waals surface area contributed by atoms with Gasteiger partial charge in [0.25, 0.3) is 0 Å². The van der Waals surface area contributed by atoms with Crippen molar-refractivity contribution in [2.24, 2.45) is 5.73 Å². The fraction of sp³-hybridized carbons (Fsp3) is 0.222. The molecule has 0 bridgehead atoms. The van der Waals surface area contributed by atoms with Crippen LogP contribution >= 0.6 is 0 Å². The van der Waals surface area contributed by atoms with Crippen molar-refractivity contribution in [2.75, 3.05) is 6.61 Å². The van der Waals surface area contributed by atoms with E-state index >= 15 is 0 Å². The lowest BCUT2D eigenvalue weighted by atomic mass is 9.81. The molecule has 2 N–H and O–H groups in total. The molecule has 1 unspecified atom stereocenters. The highest BCUT2D eigenvalue weighted by atomic mass is 16.5. The van der Waals surface area contributed by atoms with Crippen molar-refractivity contribution < 1.29 is 14.3 Å². The highest BCUT2D eigenvalue weighted by molar-refractivity contribution is 5.96. The normalized spacial score (nSPS) is 17.3. The summed E-state index contributed by atoms with van der Waals surface area (Å²) in [5.74, 6) is 0.457. The molecule has 5 nitrogen and oxygen atoms in total. The maximum atomic E-state index is 12.0. The summed E-state index contributed by atoms with van der Waals surface area (Å²) in [5.41, 5.74) is 7.28. The second kappa shape index (κ2) is 6.84. The van der Waals surface area contributed by atoms with Gasteiger partial charge in [-0.25, -0.2) is 0 Å². The van der Waals surface area contributed by atoms with Crippen LogP contribution in [0.4, 0.5) is 0 Å². The molecule has 1 heterocycles. The molecule has 0 saturated carbocycles. The Morgan fingerprint density at radius 1 is 1.48 bits per heavy atom. The number of Topliss-reactive ketones (excluding diaryl/α,β-unsaturated/α-hetero) is 1. The average Bonchev–Trinajstić information content (AvgIpc) is 2.52. The number of hydrogen-bond donors (Lipinski definition) is 1. The Morgan fingerprint density at radius 3 is 2.65 bits per heavy atom. The zero-order chi connectivity index (χ0) is 17.0. The minimum absolute atomic E-state index is 0.0342. The number of nitrogens with two attached hydrogens (primary N) is 1. The van der Waals surface area contributed by atoms with Crippen molar-refractivity contribution in [1.29, 1.82) is 5.26 Å². The molecule has 0 fully saturated rings. The number of nitrogens with zero attached hydrogens (tertiary/aromatic N) is 1. The van der Waals surface area contributed by atoms with Crippen LogP contribution in [0.1, 0.15) is 25.3 Å². The lowest BCUT2D eigenvalue weighted by molar-refractivity contribution is -0.114. The van der Waals surface area contributed by atoms with E-state index in [1.165, 1.54) is 6.92 Å². The van der Waals surface area contributed by atoms with Crippen molar-refractivity contribution in [3.05, 3.63) is 65.3 Å². The predicted octanol–water partition coefficient (Wildman–Crippen LogP) is 2.92. The van der Waals surface area contributed by atoms with Gasteiger partial charge < -0.3 is 15.2 Å². The first kappa shape index (κ1) is 16.4. The monoisotopic (exact) mass is 310 g/mol. The van der Waals surface area contributed by atoms with Crippen molar-refractivity contribution in [2.45, 2.75) is 19.8 Å². The molecule has 23 heavy (non-hydrogen) atoms. The maximum Gasteiger partial charge on any atom is 0.205 e. The Morgan fingerprint density at radius 2 is 2.13 bits per heavy atom. The summed E-state index contributed by atoms with van der Waals surface area (Å²) in [6.45, 7) is 7.13. The highest BCUT2D eigenvalue weighted by Gasteiger charge is 2.33. The largest absolute Gasteiger partial charge is 0.490 e. The molecule has 1 aliphatic rings. The second-order valence-corrected chi connectivity index (χ2v) is 5.12. The number of allylic oxidation sites excluding steroid dienone is 3. The Balaban J connectivity index is 2.47. The summed E-state index contributed by atoms with van der Waals surface area (Å²) in [7, 11) is 0. The van der Waals surface area contributed by atoms with Crippen LogP contribution in [0, 0.1) is 11.3 Å². The third-order valence-corrected chi connectivity index (χ3v) is 3.57. The Labute approximate surface area is 135 Å². The lowest BCUT2D eigenvalue weighted by Gasteiger charge is -2.26. The van der Waals surface area contributed by atoms with Crippen molar-refractivity contribution in [3.8, 4) is 11.8 Å². The minimum Gasteiger partial charge on any atom is -0.490 e. The molecule has 1 aromatic carbocycles. The molecule has 0 spiro atoms. The van der Waals surface area contributed by atoms with Gasteiger partial charge in [-0.2, -0.15) is 5.26 Å². The minimum atomic E-state index is -0.528. The highest BCUT2D eigenvalue weighted by Crippen LogP contribution is 2.39. The molecular formula is C18H18N2O3. The lowest BCUT2D eigenvalue weighted by Crippen LogP contribution is -2.23. The van der Waals surface area contributed by atoms with E-state index < -0.39 is 5.92 Å². The number of hydrogen-bond acceptors (Lipinski definition) is 5. The Kier molecular flexibility index (Phi) is 4.87. The zero-order valence-corrected chi connectivity index (χ0v) is 13.1. The van der Waals surface area contributed by atoms with Crippen molar-refractivity contribution >= 4 is 5.78 Å². The Bertz CT molecular complexity index is 737. The molecule has 0 aliphatic carbocycles. The fourth-order valence-electron chi connectivity index (χ4n) is 2.58. The van der Waals surface area contributed by atoms with Gasteiger partial charge in [-0.05, 0) is 31.5 Å². The number of carbonyl (C=O) groups is 1.